The maximum atomic E-state index is 11.7. The lowest BCUT2D eigenvalue weighted by molar-refractivity contribution is -0.138. The molecule has 1 rings (SSSR count). The van der Waals surface area contributed by atoms with Crippen molar-refractivity contribution in [3.05, 3.63) is 42.5 Å². The summed E-state index contributed by atoms with van der Waals surface area (Å²) >= 11 is 0. The van der Waals surface area contributed by atoms with Crippen molar-refractivity contribution >= 4 is 13.6 Å². The summed E-state index contributed by atoms with van der Waals surface area (Å²) in [6.45, 7) is 4.71. The van der Waals surface area contributed by atoms with Crippen molar-refractivity contribution in [2.45, 2.75) is 6.92 Å². The molecule has 0 aromatic heterocycles. The van der Waals surface area contributed by atoms with Crippen molar-refractivity contribution in [2.75, 3.05) is 12.8 Å². The fourth-order valence-electron chi connectivity index (χ4n) is 1.07. The van der Waals surface area contributed by atoms with Gasteiger partial charge in [0.1, 0.15) is 12.4 Å². The summed E-state index contributed by atoms with van der Waals surface area (Å²) in [5.41, 5.74) is 0.242. The van der Waals surface area contributed by atoms with Crippen LogP contribution in [0.15, 0.2) is 42.5 Å². The minimum absolute atomic E-state index is 0.188. The van der Waals surface area contributed by atoms with Crippen LogP contribution in [-0.2, 0) is 14.1 Å². The largest absolute Gasteiger partial charge is 0.462 e. The molecule has 1 aromatic carbocycles. The molecule has 0 saturated carbocycles. The molecule has 0 aliphatic carbocycles. The third kappa shape index (κ3) is 5.17. The highest BCUT2D eigenvalue weighted by atomic mass is 31.2. The van der Waals surface area contributed by atoms with Gasteiger partial charge in [-0.05, 0) is 19.1 Å². The zero-order valence-corrected chi connectivity index (χ0v) is 10.9. The van der Waals surface area contributed by atoms with E-state index in [1.807, 2.05) is 0 Å². The predicted octanol–water partition coefficient (Wildman–Crippen LogP) is 2.37. The molecule has 0 amide bonds. The van der Waals surface area contributed by atoms with Crippen LogP contribution in [0.25, 0.3) is 0 Å². The Morgan fingerprint density at radius 2 is 2.00 bits per heavy atom. The van der Waals surface area contributed by atoms with Gasteiger partial charge in [-0.15, -0.1) is 0 Å². The van der Waals surface area contributed by atoms with Crippen molar-refractivity contribution in [2.24, 2.45) is 0 Å². The topological polar surface area (TPSA) is 72.8 Å². The summed E-state index contributed by atoms with van der Waals surface area (Å²) in [5.74, 6) is -0.288. The number of hydrogen-bond acceptors (Lipinski definition) is 4. The normalized spacial score (nSPS) is 13.4. The number of benzene rings is 1. The van der Waals surface area contributed by atoms with Crippen LogP contribution in [0.4, 0.5) is 0 Å². The van der Waals surface area contributed by atoms with Gasteiger partial charge in [-0.1, -0.05) is 24.8 Å². The van der Waals surface area contributed by atoms with E-state index in [1.54, 1.807) is 30.3 Å². The number of ether oxygens (including phenoxy) is 1. The Labute approximate surface area is 106 Å². The van der Waals surface area contributed by atoms with E-state index in [2.05, 4.69) is 6.58 Å². The molecule has 6 heteroatoms. The van der Waals surface area contributed by atoms with E-state index in [0.29, 0.717) is 5.75 Å². The first-order valence-corrected chi connectivity index (χ1v) is 7.06. The Bertz CT molecular complexity index is 469. The summed E-state index contributed by atoms with van der Waals surface area (Å²) < 4.78 is 21.3. The molecule has 0 fully saturated rings. The second-order valence-corrected chi connectivity index (χ2v) is 5.59. The smallest absolute Gasteiger partial charge is 0.380 e. The molecule has 18 heavy (non-hydrogen) atoms. The second-order valence-electron chi connectivity index (χ2n) is 3.68. The number of carbonyl (C=O) groups is 1. The summed E-state index contributed by atoms with van der Waals surface area (Å²) in [6, 6.07) is 8.29. The van der Waals surface area contributed by atoms with E-state index in [4.69, 9.17) is 9.26 Å². The molecule has 0 aliphatic heterocycles. The average Bonchev–Trinajstić information content (AvgIpc) is 2.29. The van der Waals surface area contributed by atoms with E-state index in [9.17, 15) is 14.3 Å². The molecule has 1 unspecified atom stereocenters. The first-order chi connectivity index (χ1) is 8.41. The van der Waals surface area contributed by atoms with Crippen LogP contribution in [0, 0.1) is 0 Å². The van der Waals surface area contributed by atoms with Crippen molar-refractivity contribution in [1.29, 1.82) is 0 Å². The molecular formula is C12H15O5P. The maximum Gasteiger partial charge on any atom is 0.380 e. The van der Waals surface area contributed by atoms with E-state index in [-0.39, 0.29) is 18.3 Å². The lowest BCUT2D eigenvalue weighted by Crippen LogP contribution is -2.10. The minimum Gasteiger partial charge on any atom is -0.462 e. The zero-order chi connectivity index (χ0) is 13.6. The lowest BCUT2D eigenvalue weighted by atomic mass is 10.3. The Morgan fingerprint density at radius 1 is 1.39 bits per heavy atom. The minimum atomic E-state index is -3.81. The van der Waals surface area contributed by atoms with Crippen LogP contribution in [0.5, 0.6) is 5.75 Å². The third-order valence-electron chi connectivity index (χ3n) is 1.95. The fourth-order valence-corrected chi connectivity index (χ4v) is 1.93. The summed E-state index contributed by atoms with van der Waals surface area (Å²) in [5, 5.41) is 0. The van der Waals surface area contributed by atoms with E-state index >= 15 is 0 Å². The molecule has 5 nitrogen and oxygen atoms in total. The van der Waals surface area contributed by atoms with Crippen LogP contribution in [0.2, 0.25) is 0 Å². The van der Waals surface area contributed by atoms with Gasteiger partial charge < -0.3 is 14.2 Å². The first kappa shape index (κ1) is 14.5. The Morgan fingerprint density at radius 3 is 2.56 bits per heavy atom. The number of carbonyl (C=O) groups excluding carboxylic acids is 1. The van der Waals surface area contributed by atoms with Gasteiger partial charge in [0.05, 0.1) is 6.16 Å². The molecular weight excluding hydrogens is 255 g/mol. The molecule has 1 atom stereocenters. The van der Waals surface area contributed by atoms with E-state index in [1.165, 1.54) is 6.92 Å². The molecule has 0 heterocycles. The SMILES string of the molecule is C=C(C)C(=O)OCCP(=O)(O)Oc1ccccc1. The number of rotatable bonds is 6. The van der Waals surface area contributed by atoms with Crippen molar-refractivity contribution in [3.63, 3.8) is 0 Å². The lowest BCUT2D eigenvalue weighted by Gasteiger charge is -2.13. The van der Waals surface area contributed by atoms with Gasteiger partial charge in [-0.2, -0.15) is 0 Å². The fraction of sp³-hybridized carbons (Fsp3) is 0.250. The monoisotopic (exact) mass is 270 g/mol. The third-order valence-corrected chi connectivity index (χ3v) is 3.19. The Balaban J connectivity index is 2.43. The van der Waals surface area contributed by atoms with Crippen LogP contribution in [-0.4, -0.2) is 23.6 Å². The summed E-state index contributed by atoms with van der Waals surface area (Å²) in [6.07, 6.45) is -0.263. The number of esters is 1. The number of hydrogen-bond donors (Lipinski definition) is 1. The maximum absolute atomic E-state index is 11.7. The summed E-state index contributed by atoms with van der Waals surface area (Å²) in [7, 11) is -3.81. The van der Waals surface area contributed by atoms with E-state index in [0.717, 1.165) is 0 Å². The van der Waals surface area contributed by atoms with Gasteiger partial charge in [0.2, 0.25) is 0 Å². The number of para-hydroxylation sites is 1. The first-order valence-electron chi connectivity index (χ1n) is 5.30. The molecule has 0 bridgehead atoms. The van der Waals surface area contributed by atoms with Gasteiger partial charge in [0.15, 0.2) is 0 Å². The van der Waals surface area contributed by atoms with Crippen molar-refractivity contribution in [1.82, 2.24) is 0 Å². The Hall–Kier alpha value is -1.58. The second kappa shape index (κ2) is 6.38. The average molecular weight is 270 g/mol. The van der Waals surface area contributed by atoms with Crippen LogP contribution in [0.3, 0.4) is 0 Å². The van der Waals surface area contributed by atoms with Crippen molar-refractivity contribution in [3.8, 4) is 5.75 Å². The standard InChI is InChI=1S/C12H15O5P/c1-10(2)12(13)16-8-9-18(14,15)17-11-6-4-3-5-7-11/h3-7H,1,8-9H2,2H3,(H,14,15). The predicted molar refractivity (Wildman–Crippen MR) is 67.5 cm³/mol. The highest BCUT2D eigenvalue weighted by Gasteiger charge is 2.21. The van der Waals surface area contributed by atoms with Gasteiger partial charge in [-0.3, -0.25) is 0 Å². The quantitative estimate of drug-likeness (QED) is 0.488. The highest BCUT2D eigenvalue weighted by molar-refractivity contribution is 7.53. The Kier molecular flexibility index (Phi) is 5.13. The van der Waals surface area contributed by atoms with Crippen molar-refractivity contribution < 1.29 is 23.5 Å². The van der Waals surface area contributed by atoms with Crippen LogP contribution < -0.4 is 4.52 Å². The molecule has 0 spiro atoms. The van der Waals surface area contributed by atoms with E-state index < -0.39 is 13.6 Å². The van der Waals surface area contributed by atoms with Gasteiger partial charge in [0.25, 0.3) is 0 Å². The molecule has 0 radical (unpaired) electrons. The molecule has 0 saturated heterocycles. The van der Waals surface area contributed by atoms with Gasteiger partial charge in [0, 0.05) is 5.57 Å². The van der Waals surface area contributed by atoms with Crippen LogP contribution in [0.1, 0.15) is 6.92 Å². The summed E-state index contributed by atoms with van der Waals surface area (Å²) in [4.78, 5) is 20.6. The van der Waals surface area contributed by atoms with Crippen LogP contribution >= 0.6 is 7.60 Å². The molecule has 98 valence electrons. The van der Waals surface area contributed by atoms with Gasteiger partial charge in [-0.25, -0.2) is 9.36 Å². The highest BCUT2D eigenvalue weighted by Crippen LogP contribution is 2.41. The molecule has 0 aliphatic rings. The molecule has 1 aromatic rings. The van der Waals surface area contributed by atoms with Gasteiger partial charge >= 0.3 is 13.6 Å². The molecule has 1 N–H and O–H groups in total. The zero-order valence-electron chi connectivity index (χ0n) is 10.0.